The van der Waals surface area contributed by atoms with Gasteiger partial charge in [-0.25, -0.2) is 0 Å². The fourth-order valence-electron chi connectivity index (χ4n) is 2.66. The Morgan fingerprint density at radius 2 is 1.83 bits per heavy atom. The summed E-state index contributed by atoms with van der Waals surface area (Å²) in [6.45, 7) is 6.76. The number of hydrogen-bond acceptors (Lipinski definition) is 3. The smallest absolute Gasteiger partial charge is 0.123 e. The first-order valence-corrected chi connectivity index (χ1v) is 9.46. The molecule has 1 aromatic rings. The Kier molecular flexibility index (Phi) is 3.64. The van der Waals surface area contributed by atoms with E-state index in [9.17, 15) is 10.2 Å². The first-order valence-electron chi connectivity index (χ1n) is 6.46. The van der Waals surface area contributed by atoms with Gasteiger partial charge >= 0.3 is 0 Å². The van der Waals surface area contributed by atoms with Crippen molar-refractivity contribution in [1.29, 1.82) is 0 Å². The van der Waals surface area contributed by atoms with Crippen molar-refractivity contribution in [3.8, 4) is 0 Å². The SMILES string of the molecule is C[C@@H](O)C[C@H](O)[C@]1([Si](C)(C)c2ccccc2)CO1. The molecule has 0 radical (unpaired) electrons. The predicted octanol–water partition coefficient (Wildman–Crippen LogP) is 1.04. The van der Waals surface area contributed by atoms with Crippen LogP contribution in [0.15, 0.2) is 30.3 Å². The monoisotopic (exact) mass is 266 g/mol. The minimum absolute atomic E-state index is 0.378. The molecule has 0 amide bonds. The second-order valence-corrected chi connectivity index (χ2v) is 10.4. The van der Waals surface area contributed by atoms with Gasteiger partial charge in [0, 0.05) is 6.42 Å². The maximum absolute atomic E-state index is 10.4. The summed E-state index contributed by atoms with van der Waals surface area (Å²) in [5, 5.41) is 20.7. The average molecular weight is 266 g/mol. The van der Waals surface area contributed by atoms with Gasteiger partial charge < -0.3 is 14.9 Å². The maximum atomic E-state index is 10.4. The lowest BCUT2D eigenvalue weighted by Crippen LogP contribution is -2.61. The molecule has 4 heteroatoms. The van der Waals surface area contributed by atoms with E-state index < -0.39 is 25.5 Å². The van der Waals surface area contributed by atoms with E-state index in [-0.39, 0.29) is 0 Å². The van der Waals surface area contributed by atoms with Crippen LogP contribution in [0.25, 0.3) is 0 Å². The van der Waals surface area contributed by atoms with Crippen LogP contribution < -0.4 is 5.19 Å². The third kappa shape index (κ3) is 2.25. The number of hydrogen-bond donors (Lipinski definition) is 2. The van der Waals surface area contributed by atoms with Crippen molar-refractivity contribution in [2.75, 3.05) is 6.61 Å². The van der Waals surface area contributed by atoms with E-state index in [1.165, 1.54) is 5.19 Å². The maximum Gasteiger partial charge on any atom is 0.123 e. The lowest BCUT2D eigenvalue weighted by atomic mass is 10.1. The molecule has 0 bridgehead atoms. The lowest BCUT2D eigenvalue weighted by Gasteiger charge is -2.34. The zero-order valence-electron chi connectivity index (χ0n) is 11.3. The van der Waals surface area contributed by atoms with Crippen LogP contribution in [0.1, 0.15) is 13.3 Å². The van der Waals surface area contributed by atoms with Crippen LogP contribution in [0.2, 0.25) is 13.1 Å². The quantitative estimate of drug-likeness (QED) is 0.618. The van der Waals surface area contributed by atoms with E-state index in [2.05, 4.69) is 25.2 Å². The van der Waals surface area contributed by atoms with Gasteiger partial charge in [0.1, 0.15) is 13.3 Å². The Morgan fingerprint density at radius 1 is 1.28 bits per heavy atom. The van der Waals surface area contributed by atoms with Gasteiger partial charge in [0.15, 0.2) is 0 Å². The van der Waals surface area contributed by atoms with Crippen LogP contribution in [-0.4, -0.2) is 42.3 Å². The van der Waals surface area contributed by atoms with Gasteiger partial charge in [0.2, 0.25) is 0 Å². The largest absolute Gasteiger partial charge is 0.393 e. The van der Waals surface area contributed by atoms with Crippen LogP contribution in [-0.2, 0) is 4.74 Å². The number of ether oxygens (including phenoxy) is 1. The molecule has 100 valence electrons. The molecule has 0 unspecified atom stereocenters. The van der Waals surface area contributed by atoms with Crippen molar-refractivity contribution < 1.29 is 14.9 Å². The zero-order valence-corrected chi connectivity index (χ0v) is 12.3. The molecule has 3 nitrogen and oxygen atoms in total. The topological polar surface area (TPSA) is 53.0 Å². The Balaban J connectivity index is 2.24. The minimum Gasteiger partial charge on any atom is -0.393 e. The number of aliphatic hydroxyl groups excluding tert-OH is 2. The summed E-state index contributed by atoms with van der Waals surface area (Å²) in [4.78, 5) is 0. The zero-order chi connectivity index (χ0) is 13.4. The predicted molar refractivity (Wildman–Crippen MR) is 74.5 cm³/mol. The number of epoxide rings is 1. The summed E-state index contributed by atoms with van der Waals surface area (Å²) in [6.07, 6.45) is -0.704. The molecule has 18 heavy (non-hydrogen) atoms. The minimum atomic E-state index is -1.91. The third-order valence-electron chi connectivity index (χ3n) is 4.11. The second kappa shape index (κ2) is 4.77. The highest BCUT2D eigenvalue weighted by Gasteiger charge is 2.62. The summed E-state index contributed by atoms with van der Waals surface area (Å²) < 4.78 is 5.68. The Hall–Kier alpha value is -0.683. The second-order valence-electron chi connectivity index (χ2n) is 5.77. The number of rotatable bonds is 5. The molecule has 1 fully saturated rings. The van der Waals surface area contributed by atoms with Crippen LogP contribution in [0.5, 0.6) is 0 Å². The van der Waals surface area contributed by atoms with E-state index in [0.29, 0.717) is 13.0 Å². The van der Waals surface area contributed by atoms with Crippen LogP contribution >= 0.6 is 0 Å². The molecule has 1 aliphatic rings. The van der Waals surface area contributed by atoms with Gasteiger partial charge in [0.05, 0.1) is 18.8 Å². The molecular formula is C14H22O3Si. The fourth-order valence-corrected chi connectivity index (χ4v) is 5.92. The summed E-state index contributed by atoms with van der Waals surface area (Å²) in [7, 11) is -1.91. The molecular weight excluding hydrogens is 244 g/mol. The number of benzene rings is 1. The van der Waals surface area contributed by atoms with E-state index in [1.807, 2.05) is 18.2 Å². The van der Waals surface area contributed by atoms with E-state index in [0.717, 1.165) is 0 Å². The lowest BCUT2D eigenvalue weighted by molar-refractivity contribution is 0.0555. The molecule has 3 atom stereocenters. The first kappa shape index (κ1) is 13.7. The van der Waals surface area contributed by atoms with E-state index in [4.69, 9.17) is 4.74 Å². The van der Waals surface area contributed by atoms with Crippen molar-refractivity contribution in [3.05, 3.63) is 30.3 Å². The van der Waals surface area contributed by atoms with E-state index >= 15 is 0 Å². The Bertz CT molecular complexity index is 399. The van der Waals surface area contributed by atoms with E-state index in [1.54, 1.807) is 6.92 Å². The molecule has 0 aliphatic carbocycles. The van der Waals surface area contributed by atoms with Crippen molar-refractivity contribution in [1.82, 2.24) is 0 Å². The molecule has 1 aromatic carbocycles. The highest BCUT2D eigenvalue weighted by molar-refractivity contribution is 6.92. The van der Waals surface area contributed by atoms with Gasteiger partial charge in [-0.2, -0.15) is 0 Å². The van der Waals surface area contributed by atoms with Gasteiger partial charge in [-0.05, 0) is 6.92 Å². The van der Waals surface area contributed by atoms with Crippen LogP contribution in [0.3, 0.4) is 0 Å². The summed E-state index contributed by atoms with van der Waals surface area (Å²) >= 11 is 0. The molecule has 0 aromatic heterocycles. The molecule has 2 N–H and O–H groups in total. The molecule has 1 saturated heterocycles. The Morgan fingerprint density at radius 3 is 2.28 bits per heavy atom. The Labute approximate surface area is 109 Å². The molecule has 1 heterocycles. The van der Waals surface area contributed by atoms with Gasteiger partial charge in [-0.1, -0.05) is 48.6 Å². The molecule has 0 saturated carbocycles. The summed E-state index contributed by atoms with van der Waals surface area (Å²) in [5.41, 5.74) is 0. The summed E-state index contributed by atoms with van der Waals surface area (Å²) in [5.74, 6) is 0. The van der Waals surface area contributed by atoms with Gasteiger partial charge in [0.25, 0.3) is 0 Å². The van der Waals surface area contributed by atoms with Crippen molar-refractivity contribution in [2.24, 2.45) is 0 Å². The molecule has 2 rings (SSSR count). The van der Waals surface area contributed by atoms with Crippen molar-refractivity contribution in [2.45, 2.75) is 43.9 Å². The normalized spacial score (nSPS) is 26.7. The third-order valence-corrected chi connectivity index (χ3v) is 8.63. The van der Waals surface area contributed by atoms with Gasteiger partial charge in [-0.3, -0.25) is 0 Å². The van der Waals surface area contributed by atoms with Crippen molar-refractivity contribution in [3.63, 3.8) is 0 Å². The summed E-state index contributed by atoms with van der Waals surface area (Å²) in [6, 6.07) is 10.3. The molecule has 1 aliphatic heterocycles. The fraction of sp³-hybridized carbons (Fsp3) is 0.571. The molecule has 0 spiro atoms. The standard InChI is InChI=1S/C14H22O3Si/c1-11(15)9-13(16)14(10-17-14)18(2,3)12-7-5-4-6-8-12/h4-8,11,13,15-16H,9-10H2,1-3H3/t11-,13+,14-/m1/s1. The highest BCUT2D eigenvalue weighted by Crippen LogP contribution is 2.41. The first-order chi connectivity index (χ1) is 8.40. The average Bonchev–Trinajstić information content (AvgIpc) is 3.10. The highest BCUT2D eigenvalue weighted by atomic mass is 28.3. The number of aliphatic hydroxyl groups is 2. The van der Waals surface area contributed by atoms with Gasteiger partial charge in [-0.15, -0.1) is 0 Å². The van der Waals surface area contributed by atoms with Crippen molar-refractivity contribution >= 4 is 13.3 Å². The van der Waals surface area contributed by atoms with Crippen LogP contribution in [0.4, 0.5) is 0 Å². The van der Waals surface area contributed by atoms with Crippen LogP contribution in [0, 0.1) is 0 Å².